The lowest BCUT2D eigenvalue weighted by Gasteiger charge is -2.08. The minimum atomic E-state index is -0.887. The lowest BCUT2D eigenvalue weighted by molar-refractivity contribution is -0.140. The molecule has 1 unspecified atom stereocenters. The molecule has 1 aromatic heterocycles. The molecule has 7 heteroatoms. The van der Waals surface area contributed by atoms with Crippen molar-refractivity contribution < 1.29 is 14.3 Å². The number of halogens is 1. The van der Waals surface area contributed by atoms with Gasteiger partial charge in [-0.25, -0.2) is 4.98 Å². The molecule has 1 rings (SSSR count). The molecular formula is C9H12ClN3O3. The van der Waals surface area contributed by atoms with Gasteiger partial charge in [-0.05, 0) is 0 Å². The number of nitrogens with zero attached hydrogens (tertiary/aromatic N) is 2. The van der Waals surface area contributed by atoms with Crippen molar-refractivity contribution in [2.45, 2.75) is 5.38 Å². The molecule has 1 amide bonds. The van der Waals surface area contributed by atoms with Crippen LogP contribution in [-0.2, 0) is 16.6 Å². The van der Waals surface area contributed by atoms with Gasteiger partial charge in [-0.1, -0.05) is 0 Å². The van der Waals surface area contributed by atoms with Gasteiger partial charge in [0.2, 0.25) is 0 Å². The van der Waals surface area contributed by atoms with Crippen LogP contribution in [0.2, 0.25) is 0 Å². The quantitative estimate of drug-likeness (QED) is 0.595. The van der Waals surface area contributed by atoms with Crippen molar-refractivity contribution in [3.05, 3.63) is 18.2 Å². The van der Waals surface area contributed by atoms with Crippen LogP contribution in [0.5, 0.6) is 0 Å². The highest BCUT2D eigenvalue weighted by Crippen LogP contribution is 1.99. The molecule has 1 heterocycles. The molecule has 0 saturated carbocycles. The molecule has 0 fully saturated rings. The van der Waals surface area contributed by atoms with Crippen LogP contribution >= 0.6 is 11.6 Å². The SMILES string of the molecule is COC(=O)C(Cl)CNC(=O)c1cncn1C. The Morgan fingerprint density at radius 2 is 2.38 bits per heavy atom. The summed E-state index contributed by atoms with van der Waals surface area (Å²) in [4.78, 5) is 26.3. The fourth-order valence-corrected chi connectivity index (χ4v) is 1.23. The summed E-state index contributed by atoms with van der Waals surface area (Å²) >= 11 is 5.66. The summed E-state index contributed by atoms with van der Waals surface area (Å²) in [5.41, 5.74) is 0.397. The standard InChI is InChI=1S/C9H12ClN3O3/c1-13-5-11-4-7(13)8(14)12-3-6(10)9(15)16-2/h4-6H,3H2,1-2H3,(H,12,14). The van der Waals surface area contributed by atoms with Crippen molar-refractivity contribution >= 4 is 23.5 Å². The van der Waals surface area contributed by atoms with Crippen molar-refractivity contribution in [2.75, 3.05) is 13.7 Å². The Morgan fingerprint density at radius 3 is 2.88 bits per heavy atom. The zero-order valence-electron chi connectivity index (χ0n) is 8.94. The monoisotopic (exact) mass is 245 g/mol. The molecule has 0 aliphatic rings. The molecule has 6 nitrogen and oxygen atoms in total. The van der Waals surface area contributed by atoms with Gasteiger partial charge < -0.3 is 14.6 Å². The highest BCUT2D eigenvalue weighted by molar-refractivity contribution is 6.30. The van der Waals surface area contributed by atoms with E-state index in [2.05, 4.69) is 15.0 Å². The zero-order chi connectivity index (χ0) is 12.1. The van der Waals surface area contributed by atoms with Gasteiger partial charge in [0.05, 0.1) is 19.6 Å². The van der Waals surface area contributed by atoms with Gasteiger partial charge in [0.25, 0.3) is 5.91 Å². The van der Waals surface area contributed by atoms with E-state index in [0.717, 1.165) is 0 Å². The van der Waals surface area contributed by atoms with Gasteiger partial charge in [0, 0.05) is 13.6 Å². The highest BCUT2D eigenvalue weighted by Gasteiger charge is 2.17. The minimum Gasteiger partial charge on any atom is -0.468 e. The maximum absolute atomic E-state index is 11.6. The Morgan fingerprint density at radius 1 is 1.69 bits per heavy atom. The van der Waals surface area contributed by atoms with Crippen LogP contribution in [0.1, 0.15) is 10.5 Å². The molecular weight excluding hydrogens is 234 g/mol. The number of carbonyl (C=O) groups is 2. The van der Waals surface area contributed by atoms with E-state index < -0.39 is 11.3 Å². The molecule has 16 heavy (non-hydrogen) atoms. The summed E-state index contributed by atoms with van der Waals surface area (Å²) in [6, 6.07) is 0. The molecule has 1 atom stereocenters. The van der Waals surface area contributed by atoms with E-state index in [-0.39, 0.29) is 12.5 Å². The van der Waals surface area contributed by atoms with Crippen LogP contribution in [-0.4, -0.2) is 40.5 Å². The molecule has 0 spiro atoms. The third-order valence-electron chi connectivity index (χ3n) is 1.95. The Balaban J connectivity index is 2.48. The molecule has 0 aromatic carbocycles. The van der Waals surface area contributed by atoms with E-state index in [1.165, 1.54) is 19.6 Å². The van der Waals surface area contributed by atoms with Gasteiger partial charge in [0.15, 0.2) is 0 Å². The topological polar surface area (TPSA) is 73.2 Å². The van der Waals surface area contributed by atoms with Gasteiger partial charge >= 0.3 is 5.97 Å². The fraction of sp³-hybridized carbons (Fsp3) is 0.444. The van der Waals surface area contributed by atoms with Gasteiger partial charge in [-0.2, -0.15) is 0 Å². The van der Waals surface area contributed by atoms with Crippen LogP contribution in [0.25, 0.3) is 0 Å². The molecule has 1 N–H and O–H groups in total. The fourth-order valence-electron chi connectivity index (χ4n) is 1.06. The number of methoxy groups -OCH3 is 1. The van der Waals surface area contributed by atoms with E-state index >= 15 is 0 Å². The van der Waals surface area contributed by atoms with E-state index in [4.69, 9.17) is 11.6 Å². The van der Waals surface area contributed by atoms with Crippen molar-refractivity contribution in [2.24, 2.45) is 7.05 Å². The first-order chi connectivity index (χ1) is 7.56. The number of carbonyl (C=O) groups excluding carboxylic acids is 2. The van der Waals surface area contributed by atoms with Crippen LogP contribution in [0, 0.1) is 0 Å². The van der Waals surface area contributed by atoms with Crippen molar-refractivity contribution in [1.29, 1.82) is 0 Å². The zero-order valence-corrected chi connectivity index (χ0v) is 9.69. The number of alkyl halides is 1. The number of nitrogens with one attached hydrogen (secondary N) is 1. The second kappa shape index (κ2) is 5.50. The number of imidazole rings is 1. The summed E-state index contributed by atoms with van der Waals surface area (Å²) in [5, 5.41) is 1.62. The van der Waals surface area contributed by atoms with Crippen LogP contribution < -0.4 is 5.32 Å². The predicted octanol–water partition coefficient (Wildman–Crippen LogP) is -0.0697. The van der Waals surface area contributed by atoms with Crippen molar-refractivity contribution in [3.63, 3.8) is 0 Å². The summed E-state index contributed by atoms with van der Waals surface area (Å²) in [5.74, 6) is -0.915. The lowest BCUT2D eigenvalue weighted by atomic mass is 10.4. The first kappa shape index (κ1) is 12.5. The Kier molecular flexibility index (Phi) is 4.30. The number of rotatable bonds is 4. The Hall–Kier alpha value is -1.56. The Labute approximate surface area is 97.5 Å². The van der Waals surface area contributed by atoms with Crippen molar-refractivity contribution in [3.8, 4) is 0 Å². The molecule has 1 aromatic rings. The van der Waals surface area contributed by atoms with E-state index in [1.54, 1.807) is 11.6 Å². The van der Waals surface area contributed by atoms with Crippen LogP contribution in [0.15, 0.2) is 12.5 Å². The van der Waals surface area contributed by atoms with E-state index in [9.17, 15) is 9.59 Å². The normalized spacial score (nSPS) is 11.9. The summed E-state index contributed by atoms with van der Waals surface area (Å²) in [6.07, 6.45) is 2.93. The van der Waals surface area contributed by atoms with Gasteiger partial charge in [0.1, 0.15) is 11.1 Å². The van der Waals surface area contributed by atoms with Crippen LogP contribution in [0.3, 0.4) is 0 Å². The summed E-state index contributed by atoms with van der Waals surface area (Å²) in [6.45, 7) is 0.0121. The first-order valence-electron chi connectivity index (χ1n) is 4.52. The molecule has 0 radical (unpaired) electrons. The summed E-state index contributed by atoms with van der Waals surface area (Å²) < 4.78 is 5.99. The maximum atomic E-state index is 11.6. The van der Waals surface area contributed by atoms with Crippen LogP contribution in [0.4, 0.5) is 0 Å². The maximum Gasteiger partial charge on any atom is 0.325 e. The smallest absolute Gasteiger partial charge is 0.325 e. The second-order valence-corrected chi connectivity index (χ2v) is 3.62. The van der Waals surface area contributed by atoms with E-state index in [0.29, 0.717) is 5.69 Å². The molecule has 88 valence electrons. The number of hydrogen-bond acceptors (Lipinski definition) is 4. The highest BCUT2D eigenvalue weighted by atomic mass is 35.5. The molecule has 0 aliphatic heterocycles. The largest absolute Gasteiger partial charge is 0.468 e. The third-order valence-corrected chi connectivity index (χ3v) is 2.28. The van der Waals surface area contributed by atoms with Gasteiger partial charge in [-0.15, -0.1) is 11.6 Å². The average Bonchev–Trinajstić information content (AvgIpc) is 2.70. The number of aromatic nitrogens is 2. The third kappa shape index (κ3) is 2.96. The number of ether oxygens (including phenoxy) is 1. The molecule has 0 saturated heterocycles. The molecule has 0 bridgehead atoms. The van der Waals surface area contributed by atoms with E-state index in [1.807, 2.05) is 0 Å². The number of esters is 1. The van der Waals surface area contributed by atoms with Crippen molar-refractivity contribution in [1.82, 2.24) is 14.9 Å². The first-order valence-corrected chi connectivity index (χ1v) is 4.96. The molecule has 0 aliphatic carbocycles. The number of amides is 1. The lowest BCUT2D eigenvalue weighted by Crippen LogP contribution is -2.34. The number of hydrogen-bond donors (Lipinski definition) is 1. The minimum absolute atomic E-state index is 0.0121. The average molecular weight is 246 g/mol. The summed E-state index contributed by atoms with van der Waals surface area (Å²) in [7, 11) is 2.93. The predicted molar refractivity (Wildman–Crippen MR) is 57.2 cm³/mol. The van der Waals surface area contributed by atoms with Gasteiger partial charge in [-0.3, -0.25) is 9.59 Å². The second-order valence-electron chi connectivity index (χ2n) is 3.09. The Bertz CT molecular complexity index is 391. The number of aryl methyl sites for hydroxylation is 1.